The lowest BCUT2D eigenvalue weighted by Gasteiger charge is -2.40. The quantitative estimate of drug-likeness (QED) is 0.181. The van der Waals surface area contributed by atoms with Crippen LogP contribution in [0.4, 0.5) is 0 Å². The number of aliphatic hydroxyl groups excluding tert-OH is 1. The highest BCUT2D eigenvalue weighted by Crippen LogP contribution is 2.37. The molecule has 0 unspecified atom stereocenters. The number of hydrogen-bond acceptors (Lipinski definition) is 3. The summed E-state index contributed by atoms with van der Waals surface area (Å²) < 4.78 is 0. The van der Waals surface area contributed by atoms with Crippen molar-refractivity contribution in [1.82, 2.24) is 5.32 Å². The topological polar surface area (TPSA) is 96.7 Å². The minimum Gasteiger partial charge on any atom is -0.395 e. The summed E-state index contributed by atoms with van der Waals surface area (Å²) in [5.41, 5.74) is 13.6. The summed E-state index contributed by atoms with van der Waals surface area (Å²) in [5, 5.41) is 14.0. The lowest BCUT2D eigenvalue weighted by molar-refractivity contribution is 0.213. The van der Waals surface area contributed by atoms with Crippen LogP contribution >= 0.6 is 0 Å². The monoisotopic (exact) mass is 402 g/mol. The largest absolute Gasteiger partial charge is 0.395 e. The Bertz CT molecular complexity index is 813. The van der Waals surface area contributed by atoms with Gasteiger partial charge in [0.2, 0.25) is 0 Å². The fourth-order valence-corrected chi connectivity index (χ4v) is 3.88. The third-order valence-electron chi connectivity index (χ3n) is 5.27. The lowest BCUT2D eigenvalue weighted by Crippen LogP contribution is -2.51. The van der Waals surface area contributed by atoms with Crippen LogP contribution in [-0.4, -0.2) is 30.3 Å². The minimum atomic E-state index is -0.604. The molecule has 156 valence electrons. The number of aliphatic imine (C=N–C) groups is 1. The van der Waals surface area contributed by atoms with Crippen molar-refractivity contribution in [1.29, 1.82) is 0 Å². The Morgan fingerprint density at radius 3 is 1.60 bits per heavy atom. The van der Waals surface area contributed by atoms with Gasteiger partial charge < -0.3 is 16.6 Å². The van der Waals surface area contributed by atoms with Crippen molar-refractivity contribution in [3.05, 3.63) is 108 Å². The predicted octanol–water partition coefficient (Wildman–Crippen LogP) is 2.98. The van der Waals surface area contributed by atoms with E-state index in [9.17, 15) is 5.11 Å². The summed E-state index contributed by atoms with van der Waals surface area (Å²) in [4.78, 5) is 4.06. The van der Waals surface area contributed by atoms with Crippen LogP contribution in [0.1, 0.15) is 29.5 Å². The molecule has 6 N–H and O–H groups in total. The Morgan fingerprint density at radius 2 is 1.23 bits per heavy atom. The van der Waals surface area contributed by atoms with Gasteiger partial charge >= 0.3 is 0 Å². The van der Waals surface area contributed by atoms with Crippen LogP contribution in [0.5, 0.6) is 0 Å². The Morgan fingerprint density at radius 1 is 0.800 bits per heavy atom. The van der Waals surface area contributed by atoms with E-state index in [1.807, 2.05) is 54.6 Å². The highest BCUT2D eigenvalue weighted by molar-refractivity contribution is 5.75. The van der Waals surface area contributed by atoms with E-state index in [0.717, 1.165) is 29.5 Å². The van der Waals surface area contributed by atoms with Crippen LogP contribution in [-0.2, 0) is 5.54 Å². The van der Waals surface area contributed by atoms with E-state index in [2.05, 4.69) is 46.7 Å². The number of aliphatic hydroxyl groups is 1. The molecule has 0 heterocycles. The number of nitrogens with zero attached hydrogens (tertiary/aromatic N) is 1. The first-order valence-electron chi connectivity index (χ1n) is 10.3. The molecular formula is C25H30N4O. The number of hydrogen-bond donors (Lipinski definition) is 4. The van der Waals surface area contributed by atoms with E-state index in [1.165, 1.54) is 0 Å². The molecule has 0 saturated heterocycles. The van der Waals surface area contributed by atoms with Crippen LogP contribution in [0, 0.1) is 0 Å². The molecule has 0 amide bonds. The molecule has 5 nitrogen and oxygen atoms in total. The van der Waals surface area contributed by atoms with Gasteiger partial charge in [-0.15, -0.1) is 0 Å². The highest BCUT2D eigenvalue weighted by atomic mass is 16.3. The minimum absolute atomic E-state index is 0.00999. The molecule has 0 radical (unpaired) electrons. The van der Waals surface area contributed by atoms with E-state index in [0.29, 0.717) is 6.54 Å². The summed E-state index contributed by atoms with van der Waals surface area (Å²) >= 11 is 0. The summed E-state index contributed by atoms with van der Waals surface area (Å²) in [6.45, 7) is 0.547. The number of rotatable bonds is 10. The van der Waals surface area contributed by atoms with Crippen LogP contribution in [0.3, 0.4) is 0 Å². The van der Waals surface area contributed by atoms with E-state index < -0.39 is 5.54 Å². The van der Waals surface area contributed by atoms with E-state index in [1.54, 1.807) is 0 Å². The van der Waals surface area contributed by atoms with E-state index >= 15 is 0 Å². The zero-order valence-corrected chi connectivity index (χ0v) is 17.1. The molecule has 3 aromatic rings. The standard InChI is InChI=1S/C25H30N4O/c26-24(27)28-18-10-17-23(19-30)29-25(20-11-4-1-5-12-20,21-13-6-2-7-14-21)22-15-8-3-9-16-22/h1-9,11-16,23,29-30H,10,17-19H2,(H4,26,27,28)/t23-/m0/s1. The number of nitrogens with one attached hydrogen (secondary N) is 1. The second kappa shape index (κ2) is 10.6. The predicted molar refractivity (Wildman–Crippen MR) is 123 cm³/mol. The summed E-state index contributed by atoms with van der Waals surface area (Å²) in [5.74, 6) is 0.0933. The van der Waals surface area contributed by atoms with Crippen molar-refractivity contribution < 1.29 is 5.11 Å². The fraction of sp³-hybridized carbons (Fsp3) is 0.240. The summed E-state index contributed by atoms with van der Waals surface area (Å²) in [6, 6.07) is 30.9. The smallest absolute Gasteiger partial charge is 0.185 e. The highest BCUT2D eigenvalue weighted by Gasteiger charge is 2.37. The number of guanidine groups is 1. The molecule has 0 spiro atoms. The molecule has 0 fully saturated rings. The van der Waals surface area contributed by atoms with Crippen molar-refractivity contribution in [2.75, 3.05) is 13.2 Å². The first-order valence-corrected chi connectivity index (χ1v) is 10.3. The number of benzene rings is 3. The normalized spacial score (nSPS) is 12.3. The van der Waals surface area contributed by atoms with Crippen LogP contribution in [0.2, 0.25) is 0 Å². The van der Waals surface area contributed by atoms with Gasteiger partial charge in [0, 0.05) is 12.6 Å². The van der Waals surface area contributed by atoms with Crippen molar-refractivity contribution in [3.8, 4) is 0 Å². The molecular weight excluding hydrogens is 372 g/mol. The van der Waals surface area contributed by atoms with Crippen LogP contribution < -0.4 is 16.8 Å². The van der Waals surface area contributed by atoms with Gasteiger partial charge in [0.25, 0.3) is 0 Å². The molecule has 0 aliphatic rings. The summed E-state index contributed by atoms with van der Waals surface area (Å²) in [7, 11) is 0. The average Bonchev–Trinajstić information content (AvgIpc) is 2.80. The molecule has 3 aromatic carbocycles. The molecule has 3 rings (SSSR count). The van der Waals surface area contributed by atoms with Crippen LogP contribution in [0.25, 0.3) is 0 Å². The van der Waals surface area contributed by atoms with Crippen LogP contribution in [0.15, 0.2) is 96.0 Å². The Kier molecular flexibility index (Phi) is 7.60. The maximum atomic E-state index is 10.2. The second-order valence-corrected chi connectivity index (χ2v) is 7.32. The number of nitrogens with two attached hydrogens (primary N) is 2. The van der Waals surface area contributed by atoms with Crippen molar-refractivity contribution in [2.45, 2.75) is 24.4 Å². The maximum Gasteiger partial charge on any atom is 0.185 e. The first kappa shape index (κ1) is 21.6. The second-order valence-electron chi connectivity index (χ2n) is 7.32. The Labute approximate surface area is 178 Å². The molecule has 1 atom stereocenters. The zero-order chi connectivity index (χ0) is 21.2. The van der Waals surface area contributed by atoms with Crippen molar-refractivity contribution in [3.63, 3.8) is 0 Å². The van der Waals surface area contributed by atoms with Gasteiger partial charge in [-0.25, -0.2) is 0 Å². The Hall–Kier alpha value is -3.15. The van der Waals surface area contributed by atoms with Gasteiger partial charge in [0.15, 0.2) is 5.96 Å². The van der Waals surface area contributed by atoms with E-state index in [4.69, 9.17) is 11.5 Å². The third kappa shape index (κ3) is 5.06. The van der Waals surface area contributed by atoms with Crippen molar-refractivity contribution >= 4 is 5.96 Å². The van der Waals surface area contributed by atoms with Gasteiger partial charge in [-0.2, -0.15) is 0 Å². The van der Waals surface area contributed by atoms with Gasteiger partial charge in [-0.1, -0.05) is 91.0 Å². The average molecular weight is 403 g/mol. The summed E-state index contributed by atoms with van der Waals surface area (Å²) in [6.07, 6.45) is 1.51. The molecule has 5 heteroatoms. The van der Waals surface area contributed by atoms with Gasteiger partial charge in [0.1, 0.15) is 0 Å². The Balaban J connectivity index is 2.05. The zero-order valence-electron chi connectivity index (χ0n) is 17.1. The van der Waals surface area contributed by atoms with E-state index in [-0.39, 0.29) is 18.6 Å². The maximum absolute atomic E-state index is 10.2. The molecule has 0 bridgehead atoms. The van der Waals surface area contributed by atoms with Gasteiger partial charge in [-0.05, 0) is 29.5 Å². The lowest BCUT2D eigenvalue weighted by atomic mass is 9.76. The first-order chi connectivity index (χ1) is 14.7. The van der Waals surface area contributed by atoms with Crippen molar-refractivity contribution in [2.24, 2.45) is 16.5 Å². The molecule has 0 saturated carbocycles. The molecule has 0 aliphatic heterocycles. The molecule has 0 aliphatic carbocycles. The van der Waals surface area contributed by atoms with Gasteiger partial charge in [-0.3, -0.25) is 10.3 Å². The third-order valence-corrected chi connectivity index (χ3v) is 5.27. The molecule has 0 aromatic heterocycles. The fourth-order valence-electron chi connectivity index (χ4n) is 3.88. The molecule has 30 heavy (non-hydrogen) atoms. The SMILES string of the molecule is NC(N)=NCCC[C@@H](CO)NC(c1ccccc1)(c1ccccc1)c1ccccc1. The van der Waals surface area contributed by atoms with Gasteiger partial charge in [0.05, 0.1) is 12.1 Å².